The van der Waals surface area contributed by atoms with Gasteiger partial charge in [-0.2, -0.15) is 0 Å². The average molecular weight is 395 g/mol. The first-order valence-electron chi connectivity index (χ1n) is 9.18. The van der Waals surface area contributed by atoms with E-state index in [1.54, 1.807) is 0 Å². The lowest BCUT2D eigenvalue weighted by atomic mass is 9.83. The van der Waals surface area contributed by atoms with Crippen LogP contribution in [0.15, 0.2) is 16.6 Å². The molecule has 3 aliphatic rings. The van der Waals surface area contributed by atoms with Crippen LogP contribution in [0.4, 0.5) is 0 Å². The summed E-state index contributed by atoms with van der Waals surface area (Å²) in [5.41, 5.74) is 1.77. The van der Waals surface area contributed by atoms with E-state index in [2.05, 4.69) is 38.7 Å². The largest absolute Gasteiger partial charge is 0.491 e. The molecule has 1 aromatic rings. The van der Waals surface area contributed by atoms with Crippen LogP contribution in [-0.2, 0) is 0 Å². The molecule has 2 saturated heterocycles. The molecule has 1 N–H and O–H groups in total. The van der Waals surface area contributed by atoms with Crippen molar-refractivity contribution in [3.05, 3.63) is 27.7 Å². The van der Waals surface area contributed by atoms with Gasteiger partial charge in [-0.05, 0) is 76.5 Å². The molecule has 0 radical (unpaired) electrons. The van der Waals surface area contributed by atoms with E-state index in [0.29, 0.717) is 6.61 Å². The molecule has 5 heteroatoms. The predicted molar refractivity (Wildman–Crippen MR) is 98.5 cm³/mol. The molecule has 2 atom stereocenters. The van der Waals surface area contributed by atoms with Crippen LogP contribution in [0.2, 0.25) is 0 Å². The van der Waals surface area contributed by atoms with Crippen LogP contribution in [0.1, 0.15) is 42.9 Å². The maximum atomic E-state index is 11.4. The smallest absolute Gasteiger partial charge is 0.125 e. The van der Waals surface area contributed by atoms with E-state index in [4.69, 9.17) is 4.74 Å². The average Bonchev–Trinajstić information content (AvgIpc) is 3.26. The van der Waals surface area contributed by atoms with E-state index in [1.807, 2.05) is 6.07 Å². The number of halogens is 1. The summed E-state index contributed by atoms with van der Waals surface area (Å²) in [6.45, 7) is 7.97. The molecule has 0 aromatic heterocycles. The first kappa shape index (κ1) is 16.8. The molecule has 3 heterocycles. The third-order valence-electron chi connectivity index (χ3n) is 6.00. The number of hydrogen-bond acceptors (Lipinski definition) is 4. The summed E-state index contributed by atoms with van der Waals surface area (Å²) in [6, 6.07) is 4.11. The highest BCUT2D eigenvalue weighted by molar-refractivity contribution is 9.10. The van der Waals surface area contributed by atoms with Crippen LogP contribution in [0.3, 0.4) is 0 Å². The highest BCUT2D eigenvalue weighted by Gasteiger charge is 2.50. The highest BCUT2D eigenvalue weighted by atomic mass is 79.9. The van der Waals surface area contributed by atoms with E-state index < -0.39 is 6.10 Å². The fraction of sp³-hybridized carbons (Fsp3) is 0.684. The van der Waals surface area contributed by atoms with Crippen molar-refractivity contribution in [3.8, 4) is 5.75 Å². The Labute approximate surface area is 152 Å². The number of fused-ring (bicyclic) bond motifs is 1. The molecule has 0 unspecified atom stereocenters. The number of aliphatic hydroxyl groups excluding tert-OH is 1. The van der Waals surface area contributed by atoms with Crippen molar-refractivity contribution in [3.63, 3.8) is 0 Å². The van der Waals surface area contributed by atoms with Crippen molar-refractivity contribution >= 4 is 15.9 Å². The minimum absolute atomic E-state index is 0.317. The first-order chi connectivity index (χ1) is 11.6. The van der Waals surface area contributed by atoms with Crippen LogP contribution in [-0.4, -0.2) is 59.8 Å². The van der Waals surface area contributed by atoms with Crippen molar-refractivity contribution in [2.75, 3.05) is 39.3 Å². The molecular weight excluding hydrogens is 368 g/mol. The molecule has 0 amide bonds. The summed E-state index contributed by atoms with van der Waals surface area (Å²) in [5, 5.41) is 11.4. The normalized spacial score (nSPS) is 31.2. The molecule has 2 fully saturated rings. The summed E-state index contributed by atoms with van der Waals surface area (Å²) in [6.07, 6.45) is 4.48. The Morgan fingerprint density at radius 3 is 2.54 bits per heavy atom. The van der Waals surface area contributed by atoms with Gasteiger partial charge in [-0.15, -0.1) is 0 Å². The van der Waals surface area contributed by atoms with Gasteiger partial charge in [0.1, 0.15) is 18.5 Å². The van der Waals surface area contributed by atoms with Gasteiger partial charge >= 0.3 is 0 Å². The van der Waals surface area contributed by atoms with Gasteiger partial charge in [-0.25, -0.2) is 0 Å². The predicted octanol–water partition coefficient (Wildman–Crippen LogP) is 3.11. The molecule has 0 spiro atoms. The number of aliphatic hydroxyl groups is 1. The Balaban J connectivity index is 1.71. The summed E-state index contributed by atoms with van der Waals surface area (Å²) < 4.78 is 7.26. The van der Waals surface area contributed by atoms with Gasteiger partial charge in [0.2, 0.25) is 0 Å². The van der Waals surface area contributed by atoms with E-state index in [9.17, 15) is 5.11 Å². The second kappa shape index (κ2) is 6.60. The highest BCUT2D eigenvalue weighted by Crippen LogP contribution is 2.44. The molecule has 0 bridgehead atoms. The minimum Gasteiger partial charge on any atom is -0.491 e. The molecule has 24 heavy (non-hydrogen) atoms. The standard InChI is InChI=1S/C19H27BrN2O2/c1-14-10-17-15(11-16(14)20)18(23)19(13-24-17,22-8-4-5-9-22)12-21-6-2-3-7-21/h10-11,18,23H,2-9,12-13H2,1H3/t18-,19+/m0/s1. The van der Waals surface area contributed by atoms with Crippen molar-refractivity contribution in [2.45, 2.75) is 44.2 Å². The summed E-state index contributed by atoms with van der Waals surface area (Å²) in [7, 11) is 0. The minimum atomic E-state index is -0.503. The lowest BCUT2D eigenvalue weighted by Gasteiger charge is -2.49. The van der Waals surface area contributed by atoms with Gasteiger partial charge in [-0.3, -0.25) is 4.90 Å². The molecule has 132 valence electrons. The van der Waals surface area contributed by atoms with Crippen LogP contribution in [0, 0.1) is 6.92 Å². The van der Waals surface area contributed by atoms with Crippen LogP contribution < -0.4 is 4.74 Å². The molecular formula is C19H27BrN2O2. The number of likely N-dealkylation sites (tertiary alicyclic amines) is 2. The molecule has 3 aliphatic heterocycles. The lowest BCUT2D eigenvalue weighted by molar-refractivity contribution is -0.0802. The number of aryl methyl sites for hydroxylation is 1. The number of hydrogen-bond donors (Lipinski definition) is 1. The van der Waals surface area contributed by atoms with Gasteiger partial charge in [0.05, 0.1) is 5.54 Å². The van der Waals surface area contributed by atoms with Crippen LogP contribution >= 0.6 is 15.9 Å². The quantitative estimate of drug-likeness (QED) is 0.853. The maximum Gasteiger partial charge on any atom is 0.125 e. The lowest BCUT2D eigenvalue weighted by Crippen LogP contribution is -2.63. The zero-order valence-corrected chi connectivity index (χ0v) is 16.0. The Morgan fingerprint density at radius 2 is 1.83 bits per heavy atom. The van der Waals surface area contributed by atoms with E-state index >= 15 is 0 Å². The number of nitrogens with zero attached hydrogens (tertiary/aromatic N) is 2. The Kier molecular flexibility index (Phi) is 4.63. The number of benzene rings is 1. The third kappa shape index (κ3) is 2.79. The van der Waals surface area contributed by atoms with Gasteiger partial charge in [0.25, 0.3) is 0 Å². The second-order valence-electron chi connectivity index (χ2n) is 7.61. The SMILES string of the molecule is Cc1cc2c(cc1Br)[C@H](O)[C@](CN1CCCC1)(N1CCCC1)CO2. The molecule has 4 nitrogen and oxygen atoms in total. The Morgan fingerprint density at radius 1 is 1.17 bits per heavy atom. The van der Waals surface area contributed by atoms with Crippen molar-refractivity contribution in [1.82, 2.24) is 9.80 Å². The Bertz CT molecular complexity index is 612. The third-order valence-corrected chi connectivity index (χ3v) is 6.86. The molecule has 0 aliphatic carbocycles. The van der Waals surface area contributed by atoms with Crippen molar-refractivity contribution in [2.24, 2.45) is 0 Å². The second-order valence-corrected chi connectivity index (χ2v) is 8.47. The molecule has 0 saturated carbocycles. The van der Waals surface area contributed by atoms with Crippen molar-refractivity contribution < 1.29 is 9.84 Å². The number of ether oxygens (including phenoxy) is 1. The fourth-order valence-electron chi connectivity index (χ4n) is 4.57. The molecule has 4 rings (SSSR count). The van der Waals surface area contributed by atoms with E-state index in [1.165, 1.54) is 25.7 Å². The van der Waals surface area contributed by atoms with Gasteiger partial charge in [0, 0.05) is 16.6 Å². The zero-order valence-electron chi connectivity index (χ0n) is 14.4. The summed E-state index contributed by atoms with van der Waals surface area (Å²) in [4.78, 5) is 5.01. The van der Waals surface area contributed by atoms with Crippen LogP contribution in [0.25, 0.3) is 0 Å². The van der Waals surface area contributed by atoms with E-state index in [0.717, 1.165) is 54.1 Å². The summed E-state index contributed by atoms with van der Waals surface area (Å²) >= 11 is 3.62. The fourth-order valence-corrected chi connectivity index (χ4v) is 4.93. The van der Waals surface area contributed by atoms with Gasteiger partial charge in [0.15, 0.2) is 0 Å². The monoisotopic (exact) mass is 394 g/mol. The van der Waals surface area contributed by atoms with E-state index in [-0.39, 0.29) is 5.54 Å². The Hall–Kier alpha value is -0.620. The maximum absolute atomic E-state index is 11.4. The zero-order chi connectivity index (χ0) is 16.7. The molecule has 1 aromatic carbocycles. The van der Waals surface area contributed by atoms with Gasteiger partial charge < -0.3 is 14.7 Å². The summed E-state index contributed by atoms with van der Waals surface area (Å²) in [5.74, 6) is 0.847. The topological polar surface area (TPSA) is 35.9 Å². The van der Waals surface area contributed by atoms with Gasteiger partial charge in [-0.1, -0.05) is 15.9 Å². The number of rotatable bonds is 3. The van der Waals surface area contributed by atoms with Crippen LogP contribution in [0.5, 0.6) is 5.75 Å². The van der Waals surface area contributed by atoms with Crippen molar-refractivity contribution in [1.29, 1.82) is 0 Å². The first-order valence-corrected chi connectivity index (χ1v) is 9.98.